The number of carbonyl (C=O) groups is 2. The predicted octanol–water partition coefficient (Wildman–Crippen LogP) is 3.66. The minimum Gasteiger partial charge on any atom is -0.379 e. The van der Waals surface area contributed by atoms with Crippen LogP contribution in [0.5, 0.6) is 0 Å². The summed E-state index contributed by atoms with van der Waals surface area (Å²) in [5.41, 5.74) is 0.256. The number of hydrogen-bond acceptors (Lipinski definition) is 6. The molecule has 0 radical (unpaired) electrons. The summed E-state index contributed by atoms with van der Waals surface area (Å²) in [6, 6.07) is 16.0. The summed E-state index contributed by atoms with van der Waals surface area (Å²) < 4.78 is 32.7. The van der Waals surface area contributed by atoms with Gasteiger partial charge in [-0.25, -0.2) is 8.42 Å². The van der Waals surface area contributed by atoms with Gasteiger partial charge in [-0.05, 0) is 48.7 Å². The van der Waals surface area contributed by atoms with Gasteiger partial charge >= 0.3 is 0 Å². The molecule has 2 aliphatic heterocycles. The molecule has 0 bridgehead atoms. The van der Waals surface area contributed by atoms with Crippen LogP contribution >= 0.6 is 0 Å². The number of ether oxygens (including phenoxy) is 1. The van der Waals surface area contributed by atoms with Crippen LogP contribution in [0.15, 0.2) is 65.6 Å². The molecular formula is C28H33N3O5S. The van der Waals surface area contributed by atoms with Crippen LogP contribution in [-0.4, -0.2) is 67.3 Å². The van der Waals surface area contributed by atoms with E-state index in [-0.39, 0.29) is 29.2 Å². The minimum atomic E-state index is -3.63. The van der Waals surface area contributed by atoms with Gasteiger partial charge in [0.1, 0.15) is 5.54 Å². The second kappa shape index (κ2) is 10.8. The zero-order chi connectivity index (χ0) is 25.9. The smallest absolute Gasteiger partial charge is 0.259 e. The monoisotopic (exact) mass is 523 g/mol. The Hall–Kier alpha value is -3.01. The van der Waals surface area contributed by atoms with Gasteiger partial charge in [0.2, 0.25) is 15.9 Å². The first-order valence-corrected chi connectivity index (χ1v) is 14.4. The van der Waals surface area contributed by atoms with E-state index in [1.54, 1.807) is 30.3 Å². The molecule has 2 aromatic carbocycles. The SMILES string of the molecule is O=C1C[C@](/C=C/c2ccccc2)(Nc2ccc(S(=O)(=O)N3CCOCC3)cc2)C(=O)N1C1CCCCC1. The van der Waals surface area contributed by atoms with Crippen molar-refractivity contribution in [2.45, 2.75) is 55.0 Å². The Balaban J connectivity index is 1.43. The summed E-state index contributed by atoms with van der Waals surface area (Å²) in [5.74, 6) is -0.421. The summed E-state index contributed by atoms with van der Waals surface area (Å²) >= 11 is 0. The van der Waals surface area contributed by atoms with Gasteiger partial charge in [0.25, 0.3) is 5.91 Å². The molecule has 2 amide bonds. The number of hydrogen-bond donors (Lipinski definition) is 1. The van der Waals surface area contributed by atoms with E-state index in [1.165, 1.54) is 9.21 Å². The van der Waals surface area contributed by atoms with E-state index in [0.29, 0.717) is 32.0 Å². The fraction of sp³-hybridized carbons (Fsp3) is 0.429. The fourth-order valence-corrected chi connectivity index (χ4v) is 6.82. The first kappa shape index (κ1) is 25.6. The highest BCUT2D eigenvalue weighted by Crippen LogP contribution is 2.36. The molecule has 9 heteroatoms. The summed E-state index contributed by atoms with van der Waals surface area (Å²) in [5, 5.41) is 3.30. The molecule has 2 heterocycles. The first-order valence-electron chi connectivity index (χ1n) is 13.0. The van der Waals surface area contributed by atoms with E-state index < -0.39 is 15.6 Å². The molecule has 0 unspecified atom stereocenters. The number of amides is 2. The van der Waals surface area contributed by atoms with Crippen LogP contribution in [-0.2, 0) is 24.3 Å². The molecule has 2 aromatic rings. The second-order valence-electron chi connectivity index (χ2n) is 9.92. The van der Waals surface area contributed by atoms with E-state index in [0.717, 1.165) is 37.7 Å². The summed E-state index contributed by atoms with van der Waals surface area (Å²) in [4.78, 5) is 28.7. The highest BCUT2D eigenvalue weighted by atomic mass is 32.2. The maximum Gasteiger partial charge on any atom is 0.259 e. The number of imide groups is 1. The van der Waals surface area contributed by atoms with Gasteiger partial charge in [0.15, 0.2) is 0 Å². The van der Waals surface area contributed by atoms with E-state index in [9.17, 15) is 18.0 Å². The molecule has 0 aromatic heterocycles. The van der Waals surface area contributed by atoms with Gasteiger partial charge < -0.3 is 10.1 Å². The lowest BCUT2D eigenvalue weighted by molar-refractivity contribution is -0.142. The Bertz CT molecular complexity index is 1250. The zero-order valence-electron chi connectivity index (χ0n) is 20.8. The Morgan fingerprint density at radius 2 is 1.59 bits per heavy atom. The van der Waals surface area contributed by atoms with Crippen molar-refractivity contribution in [2.24, 2.45) is 0 Å². The lowest BCUT2D eigenvalue weighted by atomic mass is 9.93. The van der Waals surface area contributed by atoms with Crippen molar-refractivity contribution in [3.05, 3.63) is 66.2 Å². The molecule has 1 aliphatic carbocycles. The standard InChI is InChI=1S/C28H33N3O5S/c32-26-21-28(16-15-22-7-3-1-4-8-22,27(33)31(26)24-9-5-2-6-10-24)29-23-11-13-25(14-12-23)37(34,35)30-17-19-36-20-18-30/h1,3-4,7-8,11-16,24,29H,2,5-6,9-10,17-21H2/b16-15+/t28-/m0/s1. The molecule has 1 saturated carbocycles. The zero-order valence-corrected chi connectivity index (χ0v) is 21.7. The van der Waals surface area contributed by atoms with Gasteiger partial charge in [0, 0.05) is 24.8 Å². The average Bonchev–Trinajstić information content (AvgIpc) is 3.18. The molecule has 8 nitrogen and oxygen atoms in total. The van der Waals surface area contributed by atoms with Gasteiger partial charge in [-0.2, -0.15) is 4.31 Å². The third-order valence-electron chi connectivity index (χ3n) is 7.43. The third-order valence-corrected chi connectivity index (χ3v) is 9.34. The van der Waals surface area contributed by atoms with E-state index >= 15 is 0 Å². The summed E-state index contributed by atoms with van der Waals surface area (Å²) in [6.45, 7) is 1.40. The topological polar surface area (TPSA) is 96.0 Å². The van der Waals surface area contributed by atoms with E-state index in [4.69, 9.17) is 4.74 Å². The molecule has 3 fully saturated rings. The Morgan fingerprint density at radius 1 is 0.919 bits per heavy atom. The molecule has 1 N–H and O–H groups in total. The van der Waals surface area contributed by atoms with Crippen molar-refractivity contribution >= 4 is 33.6 Å². The van der Waals surface area contributed by atoms with Crippen LogP contribution in [0.4, 0.5) is 5.69 Å². The number of anilines is 1. The molecule has 1 atom stereocenters. The second-order valence-corrected chi connectivity index (χ2v) is 11.9. The van der Waals surface area contributed by atoms with Crippen LogP contribution < -0.4 is 5.32 Å². The number of nitrogens with one attached hydrogen (secondary N) is 1. The van der Waals surface area contributed by atoms with Crippen LogP contribution in [0.3, 0.4) is 0 Å². The van der Waals surface area contributed by atoms with Gasteiger partial charge in [-0.15, -0.1) is 0 Å². The van der Waals surface area contributed by atoms with E-state index in [2.05, 4.69) is 5.32 Å². The number of carbonyl (C=O) groups excluding carboxylic acids is 2. The Kier molecular flexibility index (Phi) is 7.46. The van der Waals surface area contributed by atoms with Crippen LogP contribution in [0, 0.1) is 0 Å². The molecule has 2 saturated heterocycles. The predicted molar refractivity (Wildman–Crippen MR) is 141 cm³/mol. The van der Waals surface area contributed by atoms with Crippen molar-refractivity contribution < 1.29 is 22.7 Å². The van der Waals surface area contributed by atoms with Crippen LogP contribution in [0.25, 0.3) is 6.08 Å². The molecule has 37 heavy (non-hydrogen) atoms. The number of nitrogens with zero attached hydrogens (tertiary/aromatic N) is 2. The van der Waals surface area contributed by atoms with Crippen LogP contribution in [0.2, 0.25) is 0 Å². The van der Waals surface area contributed by atoms with Crippen molar-refractivity contribution in [1.29, 1.82) is 0 Å². The molecular weight excluding hydrogens is 490 g/mol. The van der Waals surface area contributed by atoms with Crippen LogP contribution in [0.1, 0.15) is 44.1 Å². The number of sulfonamides is 1. The lowest BCUT2D eigenvalue weighted by Gasteiger charge is -2.32. The lowest BCUT2D eigenvalue weighted by Crippen LogP contribution is -2.48. The third kappa shape index (κ3) is 5.35. The maximum absolute atomic E-state index is 13.9. The van der Waals surface area contributed by atoms with Crippen molar-refractivity contribution in [3.8, 4) is 0 Å². The average molecular weight is 524 g/mol. The van der Waals surface area contributed by atoms with Crippen molar-refractivity contribution in [1.82, 2.24) is 9.21 Å². The van der Waals surface area contributed by atoms with Gasteiger partial charge in [0.05, 0.1) is 24.5 Å². The number of benzene rings is 2. The highest BCUT2D eigenvalue weighted by Gasteiger charge is 2.52. The number of likely N-dealkylation sites (tertiary alicyclic amines) is 1. The number of morpholine rings is 1. The summed E-state index contributed by atoms with van der Waals surface area (Å²) in [7, 11) is -3.63. The normalized spacial score (nSPS) is 24.2. The maximum atomic E-state index is 13.9. The quantitative estimate of drug-likeness (QED) is 0.557. The first-order chi connectivity index (χ1) is 17.9. The van der Waals surface area contributed by atoms with Crippen molar-refractivity contribution in [2.75, 3.05) is 31.6 Å². The van der Waals surface area contributed by atoms with Gasteiger partial charge in [-0.3, -0.25) is 14.5 Å². The van der Waals surface area contributed by atoms with E-state index in [1.807, 2.05) is 36.4 Å². The summed E-state index contributed by atoms with van der Waals surface area (Å²) in [6.07, 6.45) is 8.49. The molecule has 5 rings (SSSR count). The molecule has 196 valence electrons. The molecule has 3 aliphatic rings. The minimum absolute atomic E-state index is 0.0134. The Morgan fingerprint density at radius 3 is 2.27 bits per heavy atom. The molecule has 0 spiro atoms. The largest absolute Gasteiger partial charge is 0.379 e. The highest BCUT2D eigenvalue weighted by molar-refractivity contribution is 7.89. The number of rotatable bonds is 7. The Labute approximate surface area is 218 Å². The fourth-order valence-electron chi connectivity index (χ4n) is 5.41. The van der Waals surface area contributed by atoms with Gasteiger partial charge in [-0.1, -0.05) is 55.7 Å². The van der Waals surface area contributed by atoms with Crippen molar-refractivity contribution in [3.63, 3.8) is 0 Å².